The molecule has 1 heterocycles. The Kier molecular flexibility index (Phi) is 5.77. The molecule has 0 radical (unpaired) electrons. The fraction of sp³-hybridized carbons (Fsp3) is 0.214. The second kappa shape index (κ2) is 7.80. The van der Waals surface area contributed by atoms with E-state index in [0.29, 0.717) is 11.3 Å². The Labute approximate surface area is 131 Å². The number of carbonyl (C=O) groups is 2. The molecule has 0 saturated carbocycles. The van der Waals surface area contributed by atoms with Gasteiger partial charge in [0.15, 0.2) is 0 Å². The van der Waals surface area contributed by atoms with Crippen LogP contribution in [0.4, 0.5) is 0 Å². The van der Waals surface area contributed by atoms with Gasteiger partial charge in [0.25, 0.3) is 5.91 Å². The van der Waals surface area contributed by atoms with E-state index in [0.717, 1.165) is 10.6 Å². The molecule has 5 nitrogen and oxygen atoms in total. The lowest BCUT2D eigenvalue weighted by Gasteiger charge is -2.09. The monoisotopic (exact) mass is 321 g/mol. The highest BCUT2D eigenvalue weighted by molar-refractivity contribution is 7.98. The van der Waals surface area contributed by atoms with Gasteiger partial charge in [-0.1, -0.05) is 12.1 Å². The summed E-state index contributed by atoms with van der Waals surface area (Å²) in [6.07, 6.45) is 0. The molecule has 2 rings (SSSR count). The first-order valence-electron chi connectivity index (χ1n) is 6.28. The fourth-order valence-electron chi connectivity index (χ4n) is 1.58. The largest absolute Gasteiger partial charge is 0.358 e. The topological polar surface area (TPSA) is 71.1 Å². The zero-order valence-corrected chi connectivity index (χ0v) is 13.1. The average molecular weight is 321 g/mol. The van der Waals surface area contributed by atoms with Crippen LogP contribution >= 0.6 is 23.1 Å². The number of carbonyl (C=O) groups excluding carboxylic acids is 2. The lowest BCUT2D eigenvalue weighted by atomic mass is 10.2. The van der Waals surface area contributed by atoms with Gasteiger partial charge in [0, 0.05) is 23.1 Å². The molecule has 1 aromatic carbocycles. The minimum atomic E-state index is -0.250. The smallest absolute Gasteiger partial charge is 0.252 e. The first kappa shape index (κ1) is 15.5. The van der Waals surface area contributed by atoms with Crippen LogP contribution in [0.25, 0.3) is 0 Å². The summed E-state index contributed by atoms with van der Waals surface area (Å²) in [5, 5.41) is 7.06. The minimum Gasteiger partial charge on any atom is -0.358 e. The van der Waals surface area contributed by atoms with E-state index in [1.807, 2.05) is 23.6 Å². The Balaban J connectivity index is 2.02. The van der Waals surface area contributed by atoms with Gasteiger partial charge in [-0.3, -0.25) is 9.59 Å². The van der Waals surface area contributed by atoms with Gasteiger partial charge in [0.2, 0.25) is 5.91 Å². The molecule has 0 aliphatic carbocycles. The summed E-state index contributed by atoms with van der Waals surface area (Å²) in [6, 6.07) is 7.34. The van der Waals surface area contributed by atoms with Crippen molar-refractivity contribution in [2.45, 2.75) is 10.6 Å². The van der Waals surface area contributed by atoms with Crippen LogP contribution in [0.1, 0.15) is 16.1 Å². The quantitative estimate of drug-likeness (QED) is 0.797. The van der Waals surface area contributed by atoms with Crippen molar-refractivity contribution >= 4 is 34.9 Å². The van der Waals surface area contributed by atoms with E-state index in [4.69, 9.17) is 0 Å². The highest BCUT2D eigenvalue weighted by Crippen LogP contribution is 2.26. The number of likely N-dealkylation sites (N-methyl/N-ethyl adjacent to an activating group) is 1. The van der Waals surface area contributed by atoms with E-state index in [9.17, 15) is 9.59 Å². The van der Waals surface area contributed by atoms with Crippen LogP contribution in [-0.2, 0) is 10.5 Å². The van der Waals surface area contributed by atoms with Crippen molar-refractivity contribution in [3.63, 3.8) is 0 Å². The van der Waals surface area contributed by atoms with Gasteiger partial charge >= 0.3 is 0 Å². The summed E-state index contributed by atoms with van der Waals surface area (Å²) in [5.41, 5.74) is 3.35. The number of rotatable bonds is 6. The molecule has 1 aromatic heterocycles. The van der Waals surface area contributed by atoms with Gasteiger partial charge in [0.05, 0.1) is 23.3 Å². The van der Waals surface area contributed by atoms with Gasteiger partial charge in [-0.15, -0.1) is 23.1 Å². The van der Waals surface area contributed by atoms with Crippen molar-refractivity contribution in [2.75, 3.05) is 13.6 Å². The Morgan fingerprint density at radius 2 is 2.14 bits per heavy atom. The normalized spacial score (nSPS) is 10.1. The van der Waals surface area contributed by atoms with Crippen LogP contribution in [0.5, 0.6) is 0 Å². The zero-order chi connectivity index (χ0) is 15.1. The summed E-state index contributed by atoms with van der Waals surface area (Å²) in [7, 11) is 1.53. The SMILES string of the molecule is CNC(=O)CNC(=O)c1ccccc1SCc1cscn1. The first-order valence-corrected chi connectivity index (χ1v) is 8.21. The molecule has 2 N–H and O–H groups in total. The van der Waals surface area contributed by atoms with Gasteiger partial charge in [-0.05, 0) is 12.1 Å². The zero-order valence-electron chi connectivity index (χ0n) is 11.5. The minimum absolute atomic E-state index is 0.0274. The molecular formula is C14H15N3O2S2. The van der Waals surface area contributed by atoms with Crippen molar-refractivity contribution in [2.24, 2.45) is 0 Å². The van der Waals surface area contributed by atoms with E-state index >= 15 is 0 Å². The number of nitrogens with one attached hydrogen (secondary N) is 2. The molecule has 21 heavy (non-hydrogen) atoms. The Morgan fingerprint density at radius 3 is 2.86 bits per heavy atom. The summed E-state index contributed by atoms with van der Waals surface area (Å²) < 4.78 is 0. The molecule has 110 valence electrons. The number of nitrogens with zero attached hydrogens (tertiary/aromatic N) is 1. The molecule has 0 fully saturated rings. The second-order valence-electron chi connectivity index (χ2n) is 4.12. The molecule has 7 heteroatoms. The Morgan fingerprint density at radius 1 is 1.33 bits per heavy atom. The molecule has 2 aromatic rings. The number of amides is 2. The third-order valence-corrected chi connectivity index (χ3v) is 4.42. The van der Waals surface area contributed by atoms with E-state index in [1.54, 1.807) is 34.7 Å². The number of aromatic nitrogens is 1. The number of hydrogen-bond acceptors (Lipinski definition) is 5. The maximum atomic E-state index is 12.1. The third-order valence-electron chi connectivity index (χ3n) is 2.68. The van der Waals surface area contributed by atoms with Gasteiger partial charge in [0.1, 0.15) is 0 Å². The fourth-order valence-corrected chi connectivity index (χ4v) is 3.20. The van der Waals surface area contributed by atoms with Gasteiger partial charge in [-0.2, -0.15) is 0 Å². The maximum Gasteiger partial charge on any atom is 0.252 e. The molecule has 0 spiro atoms. The first-order chi connectivity index (χ1) is 10.2. The van der Waals surface area contributed by atoms with E-state index < -0.39 is 0 Å². The van der Waals surface area contributed by atoms with Crippen molar-refractivity contribution in [3.05, 3.63) is 46.4 Å². The van der Waals surface area contributed by atoms with Crippen LogP contribution in [0.2, 0.25) is 0 Å². The summed E-state index contributed by atoms with van der Waals surface area (Å²) in [5.74, 6) is 0.236. The molecular weight excluding hydrogens is 306 g/mol. The van der Waals surface area contributed by atoms with Crippen molar-refractivity contribution < 1.29 is 9.59 Å². The van der Waals surface area contributed by atoms with Crippen molar-refractivity contribution in [3.8, 4) is 0 Å². The van der Waals surface area contributed by atoms with E-state index in [-0.39, 0.29) is 18.4 Å². The summed E-state index contributed by atoms with van der Waals surface area (Å²) in [6.45, 7) is -0.0274. The summed E-state index contributed by atoms with van der Waals surface area (Å²) >= 11 is 3.11. The number of hydrogen-bond donors (Lipinski definition) is 2. The van der Waals surface area contributed by atoms with Gasteiger partial charge in [-0.25, -0.2) is 4.98 Å². The highest BCUT2D eigenvalue weighted by atomic mass is 32.2. The molecule has 0 aliphatic heterocycles. The molecule has 0 atom stereocenters. The number of benzene rings is 1. The lowest BCUT2D eigenvalue weighted by Crippen LogP contribution is -2.35. The maximum absolute atomic E-state index is 12.1. The van der Waals surface area contributed by atoms with E-state index in [2.05, 4.69) is 15.6 Å². The Hall–Kier alpha value is -1.86. The van der Waals surface area contributed by atoms with Crippen LogP contribution in [0, 0.1) is 0 Å². The summed E-state index contributed by atoms with van der Waals surface area (Å²) in [4.78, 5) is 28.4. The standard InChI is InChI=1S/C14H15N3O2S2/c1-15-13(18)6-16-14(19)11-4-2-3-5-12(11)21-8-10-7-20-9-17-10/h2-5,7,9H,6,8H2,1H3,(H,15,18)(H,16,19). The third kappa shape index (κ3) is 4.57. The lowest BCUT2D eigenvalue weighted by molar-refractivity contribution is -0.119. The highest BCUT2D eigenvalue weighted by Gasteiger charge is 2.12. The molecule has 0 unspecified atom stereocenters. The van der Waals surface area contributed by atoms with Gasteiger partial charge < -0.3 is 10.6 Å². The van der Waals surface area contributed by atoms with Crippen LogP contribution in [0.15, 0.2) is 40.1 Å². The predicted octanol–water partition coefficient (Wildman–Crippen LogP) is 1.91. The second-order valence-corrected chi connectivity index (χ2v) is 5.86. The number of thiazole rings is 1. The molecule has 2 amide bonds. The molecule has 0 bridgehead atoms. The molecule has 0 saturated heterocycles. The number of thioether (sulfide) groups is 1. The molecule has 0 aliphatic rings. The van der Waals surface area contributed by atoms with E-state index in [1.165, 1.54) is 7.05 Å². The Bertz CT molecular complexity index is 614. The average Bonchev–Trinajstić information content (AvgIpc) is 3.04. The van der Waals surface area contributed by atoms with Crippen LogP contribution < -0.4 is 10.6 Å². The van der Waals surface area contributed by atoms with Crippen LogP contribution in [0.3, 0.4) is 0 Å². The van der Waals surface area contributed by atoms with Crippen molar-refractivity contribution in [1.82, 2.24) is 15.6 Å². The van der Waals surface area contributed by atoms with Crippen molar-refractivity contribution in [1.29, 1.82) is 0 Å². The predicted molar refractivity (Wildman–Crippen MR) is 84.5 cm³/mol. The van der Waals surface area contributed by atoms with Crippen LogP contribution in [-0.4, -0.2) is 30.4 Å².